The van der Waals surface area contributed by atoms with Crippen molar-refractivity contribution >= 4 is 11.9 Å². The number of guanidine groups is 1. The summed E-state index contributed by atoms with van der Waals surface area (Å²) in [6, 6.07) is 13.4. The zero-order valence-electron chi connectivity index (χ0n) is 18.1. The lowest BCUT2D eigenvalue weighted by atomic mass is 10.1. The van der Waals surface area contributed by atoms with Crippen LogP contribution in [0.25, 0.3) is 11.5 Å². The van der Waals surface area contributed by atoms with Gasteiger partial charge in [-0.15, -0.1) is 0 Å². The summed E-state index contributed by atoms with van der Waals surface area (Å²) in [4.78, 5) is 20.7. The number of nitrogens with one attached hydrogen (secondary N) is 2. The highest BCUT2D eigenvalue weighted by Crippen LogP contribution is 2.21. The van der Waals surface area contributed by atoms with Crippen LogP contribution >= 0.6 is 0 Å². The molecule has 1 aromatic heterocycles. The SMILES string of the molecule is CN=C(NCc1ccc(OC)c(C(=O)OC)c1)NCc1coc(-c2ccc(C)cc2)n1. The molecule has 0 saturated heterocycles. The number of carbonyl (C=O) groups excluding carboxylic acids is 1. The molecule has 162 valence electrons. The molecule has 3 aromatic rings. The average molecular weight is 422 g/mol. The van der Waals surface area contributed by atoms with Gasteiger partial charge in [-0.3, -0.25) is 4.99 Å². The molecule has 1 heterocycles. The smallest absolute Gasteiger partial charge is 0.341 e. The summed E-state index contributed by atoms with van der Waals surface area (Å²) < 4.78 is 15.6. The van der Waals surface area contributed by atoms with Gasteiger partial charge in [-0.05, 0) is 36.8 Å². The van der Waals surface area contributed by atoms with Crippen LogP contribution < -0.4 is 15.4 Å². The zero-order valence-corrected chi connectivity index (χ0v) is 18.1. The van der Waals surface area contributed by atoms with E-state index < -0.39 is 5.97 Å². The van der Waals surface area contributed by atoms with Crippen molar-refractivity contribution < 1.29 is 18.7 Å². The normalized spacial score (nSPS) is 11.2. The Hall–Kier alpha value is -3.81. The lowest BCUT2D eigenvalue weighted by molar-refractivity contribution is 0.0597. The third kappa shape index (κ3) is 5.63. The fourth-order valence-electron chi connectivity index (χ4n) is 2.93. The number of rotatable bonds is 7. The predicted octanol–water partition coefficient (Wildman–Crippen LogP) is 3.31. The maximum atomic E-state index is 11.9. The molecule has 0 aliphatic carbocycles. The van der Waals surface area contributed by atoms with E-state index in [1.54, 1.807) is 25.4 Å². The minimum Gasteiger partial charge on any atom is -0.496 e. The lowest BCUT2D eigenvalue weighted by Crippen LogP contribution is -2.36. The van der Waals surface area contributed by atoms with Crippen molar-refractivity contribution in [3.63, 3.8) is 0 Å². The second-order valence-electron chi connectivity index (χ2n) is 6.82. The molecule has 8 heteroatoms. The number of hydrogen-bond acceptors (Lipinski definition) is 6. The van der Waals surface area contributed by atoms with Crippen molar-refractivity contribution in [1.29, 1.82) is 0 Å². The Bertz CT molecular complexity index is 1060. The molecule has 31 heavy (non-hydrogen) atoms. The van der Waals surface area contributed by atoms with E-state index in [0.717, 1.165) is 16.8 Å². The Labute approximate surface area is 181 Å². The predicted molar refractivity (Wildman–Crippen MR) is 118 cm³/mol. The Balaban J connectivity index is 1.58. The molecule has 0 saturated carbocycles. The van der Waals surface area contributed by atoms with Crippen molar-refractivity contribution in [3.8, 4) is 17.2 Å². The van der Waals surface area contributed by atoms with Crippen molar-refractivity contribution in [1.82, 2.24) is 15.6 Å². The topological polar surface area (TPSA) is 98.0 Å². The van der Waals surface area contributed by atoms with Gasteiger partial charge in [-0.1, -0.05) is 23.8 Å². The summed E-state index contributed by atoms with van der Waals surface area (Å²) >= 11 is 0. The minimum atomic E-state index is -0.448. The molecule has 3 rings (SSSR count). The van der Waals surface area contributed by atoms with Gasteiger partial charge in [0.1, 0.15) is 17.6 Å². The van der Waals surface area contributed by atoms with Crippen molar-refractivity contribution in [2.75, 3.05) is 21.3 Å². The Morgan fingerprint density at radius 2 is 1.84 bits per heavy atom. The molecular weight excluding hydrogens is 396 g/mol. The number of ether oxygens (including phenoxy) is 2. The van der Waals surface area contributed by atoms with E-state index in [2.05, 4.69) is 20.6 Å². The molecule has 8 nitrogen and oxygen atoms in total. The number of nitrogens with zero attached hydrogens (tertiary/aromatic N) is 2. The van der Waals surface area contributed by atoms with E-state index in [9.17, 15) is 4.79 Å². The molecule has 0 spiro atoms. The first-order valence-corrected chi connectivity index (χ1v) is 9.75. The van der Waals surface area contributed by atoms with Crippen LogP contribution in [-0.4, -0.2) is 38.2 Å². The fourth-order valence-corrected chi connectivity index (χ4v) is 2.93. The van der Waals surface area contributed by atoms with Gasteiger partial charge in [-0.25, -0.2) is 9.78 Å². The maximum Gasteiger partial charge on any atom is 0.341 e. The van der Waals surface area contributed by atoms with Crippen LogP contribution in [-0.2, 0) is 17.8 Å². The average Bonchev–Trinajstić information content (AvgIpc) is 3.28. The van der Waals surface area contributed by atoms with Gasteiger partial charge in [0.2, 0.25) is 5.89 Å². The van der Waals surface area contributed by atoms with Crippen molar-refractivity contribution in [2.24, 2.45) is 4.99 Å². The Morgan fingerprint density at radius 3 is 2.52 bits per heavy atom. The molecule has 2 N–H and O–H groups in total. The fraction of sp³-hybridized carbons (Fsp3) is 0.261. The molecule has 0 amide bonds. The van der Waals surface area contributed by atoms with Gasteiger partial charge < -0.3 is 24.5 Å². The second kappa shape index (κ2) is 10.3. The highest BCUT2D eigenvalue weighted by molar-refractivity contribution is 5.92. The molecule has 0 bridgehead atoms. The van der Waals surface area contributed by atoms with E-state index in [-0.39, 0.29) is 0 Å². The van der Waals surface area contributed by atoms with Crippen LogP contribution in [0, 0.1) is 6.92 Å². The number of oxazole rings is 1. The first-order chi connectivity index (χ1) is 15.0. The van der Waals surface area contributed by atoms with E-state index in [0.29, 0.717) is 36.3 Å². The number of hydrogen-bond donors (Lipinski definition) is 2. The summed E-state index contributed by atoms with van der Waals surface area (Å²) in [6.45, 7) is 2.95. The van der Waals surface area contributed by atoms with Gasteiger partial charge >= 0.3 is 5.97 Å². The number of methoxy groups -OCH3 is 2. The highest BCUT2D eigenvalue weighted by atomic mass is 16.5. The first-order valence-electron chi connectivity index (χ1n) is 9.75. The largest absolute Gasteiger partial charge is 0.496 e. The quantitative estimate of drug-likeness (QED) is 0.342. The molecule has 0 atom stereocenters. The standard InChI is InChI=1S/C23H26N4O4/c1-15-5-8-17(9-6-15)21-27-18(14-31-21)13-26-23(24-2)25-12-16-7-10-20(29-3)19(11-16)22(28)30-4/h5-11,14H,12-13H2,1-4H3,(H2,24,25,26). The van der Waals surface area contributed by atoms with Gasteiger partial charge in [0.25, 0.3) is 0 Å². The number of aromatic nitrogens is 1. The van der Waals surface area contributed by atoms with E-state index in [1.165, 1.54) is 19.8 Å². The summed E-state index contributed by atoms with van der Waals surface area (Å²) in [5.41, 5.74) is 4.13. The highest BCUT2D eigenvalue weighted by Gasteiger charge is 2.14. The van der Waals surface area contributed by atoms with E-state index in [1.807, 2.05) is 37.3 Å². The van der Waals surface area contributed by atoms with Crippen LogP contribution in [0.1, 0.15) is 27.2 Å². The second-order valence-corrected chi connectivity index (χ2v) is 6.82. The number of aryl methyl sites for hydroxylation is 1. The molecule has 0 radical (unpaired) electrons. The summed E-state index contributed by atoms with van der Waals surface area (Å²) in [6.07, 6.45) is 1.63. The third-order valence-corrected chi connectivity index (χ3v) is 4.64. The van der Waals surface area contributed by atoms with Crippen LogP contribution in [0.4, 0.5) is 0 Å². The van der Waals surface area contributed by atoms with Gasteiger partial charge in [0.05, 0.1) is 26.5 Å². The molecule has 0 aliphatic rings. The maximum absolute atomic E-state index is 11.9. The summed E-state index contributed by atoms with van der Waals surface area (Å²) in [7, 11) is 4.54. The lowest BCUT2D eigenvalue weighted by Gasteiger charge is -2.13. The monoisotopic (exact) mass is 422 g/mol. The summed E-state index contributed by atoms with van der Waals surface area (Å²) in [5.74, 6) is 1.19. The first kappa shape index (κ1) is 21.9. The number of benzene rings is 2. The molecule has 0 aliphatic heterocycles. The van der Waals surface area contributed by atoms with Crippen LogP contribution in [0.2, 0.25) is 0 Å². The third-order valence-electron chi connectivity index (χ3n) is 4.64. The van der Waals surface area contributed by atoms with Gasteiger partial charge in [0.15, 0.2) is 5.96 Å². The van der Waals surface area contributed by atoms with Crippen LogP contribution in [0.3, 0.4) is 0 Å². The van der Waals surface area contributed by atoms with Crippen molar-refractivity contribution in [3.05, 3.63) is 71.1 Å². The Kier molecular flexibility index (Phi) is 7.26. The molecular formula is C23H26N4O4. The molecule has 0 unspecified atom stereocenters. The minimum absolute atomic E-state index is 0.374. The van der Waals surface area contributed by atoms with Crippen molar-refractivity contribution in [2.45, 2.75) is 20.0 Å². The van der Waals surface area contributed by atoms with Gasteiger partial charge in [0, 0.05) is 19.2 Å². The number of carbonyl (C=O) groups is 1. The molecule has 2 aromatic carbocycles. The number of esters is 1. The molecule has 0 fully saturated rings. The summed E-state index contributed by atoms with van der Waals surface area (Å²) in [5, 5.41) is 6.41. The van der Waals surface area contributed by atoms with E-state index in [4.69, 9.17) is 13.9 Å². The zero-order chi connectivity index (χ0) is 22.2. The number of aliphatic imine (C=N–C) groups is 1. The van der Waals surface area contributed by atoms with E-state index >= 15 is 0 Å². The van der Waals surface area contributed by atoms with Crippen LogP contribution in [0.5, 0.6) is 5.75 Å². The Morgan fingerprint density at radius 1 is 1.10 bits per heavy atom. The van der Waals surface area contributed by atoms with Gasteiger partial charge in [-0.2, -0.15) is 0 Å². The van der Waals surface area contributed by atoms with Crippen LogP contribution in [0.15, 0.2) is 58.1 Å².